The van der Waals surface area contributed by atoms with Gasteiger partial charge in [-0.3, -0.25) is 0 Å². The van der Waals surface area contributed by atoms with E-state index in [9.17, 15) is 0 Å². The van der Waals surface area contributed by atoms with Crippen LogP contribution in [0.5, 0.6) is 0 Å². The van der Waals surface area contributed by atoms with Crippen LogP contribution in [0.25, 0.3) is 0 Å². The van der Waals surface area contributed by atoms with E-state index in [4.69, 9.17) is 9.63 Å². The Kier molecular flexibility index (Phi) is 3.50. The van der Waals surface area contributed by atoms with Crippen LogP contribution in [0.1, 0.15) is 0 Å². The summed E-state index contributed by atoms with van der Waals surface area (Å²) in [6.07, 6.45) is 0.0931. The van der Waals surface area contributed by atoms with Gasteiger partial charge in [-0.1, -0.05) is 30.3 Å². The summed E-state index contributed by atoms with van der Waals surface area (Å²) in [5.41, 5.74) is 0. The first kappa shape index (κ1) is 8.66. The Balaban J connectivity index is 2.74. The van der Waals surface area contributed by atoms with Gasteiger partial charge in [0.2, 0.25) is 0 Å². The van der Waals surface area contributed by atoms with E-state index >= 15 is 0 Å². The molecule has 1 unspecified atom stereocenters. The molecule has 60 valence electrons. The lowest BCUT2D eigenvalue weighted by atomic mass is 10.4. The van der Waals surface area contributed by atoms with E-state index < -0.39 is 8.15 Å². The van der Waals surface area contributed by atoms with Crippen molar-refractivity contribution in [2.45, 2.75) is 0 Å². The SMILES string of the molecule is COP(CO)c1ccccc1. The fraction of sp³-hybridized carbons (Fsp3) is 0.250. The average molecular weight is 170 g/mol. The maximum Gasteiger partial charge on any atom is 0.0913 e. The summed E-state index contributed by atoms with van der Waals surface area (Å²) in [5, 5.41) is 9.96. The zero-order chi connectivity index (χ0) is 8.10. The monoisotopic (exact) mass is 170 g/mol. The van der Waals surface area contributed by atoms with Crippen LogP contribution in [-0.2, 0) is 4.52 Å². The zero-order valence-corrected chi connectivity index (χ0v) is 7.29. The molecular formula is C8H11O2P. The zero-order valence-electron chi connectivity index (χ0n) is 6.40. The first-order valence-corrected chi connectivity index (χ1v) is 4.80. The van der Waals surface area contributed by atoms with Crippen LogP contribution in [0.3, 0.4) is 0 Å². The van der Waals surface area contributed by atoms with Crippen molar-refractivity contribution in [1.82, 2.24) is 0 Å². The Bertz CT molecular complexity index is 197. The molecule has 1 aromatic rings. The van der Waals surface area contributed by atoms with Crippen LogP contribution >= 0.6 is 8.15 Å². The van der Waals surface area contributed by atoms with Gasteiger partial charge >= 0.3 is 0 Å². The number of aliphatic hydroxyl groups excluding tert-OH is 1. The molecule has 0 amide bonds. The second-order valence-electron chi connectivity index (χ2n) is 2.04. The first-order valence-electron chi connectivity index (χ1n) is 3.36. The van der Waals surface area contributed by atoms with E-state index in [0.717, 1.165) is 5.30 Å². The molecule has 0 bridgehead atoms. The van der Waals surface area contributed by atoms with Crippen LogP contribution in [-0.4, -0.2) is 18.6 Å². The minimum absolute atomic E-state index is 0.0931. The van der Waals surface area contributed by atoms with Crippen molar-refractivity contribution < 1.29 is 9.63 Å². The van der Waals surface area contributed by atoms with E-state index in [-0.39, 0.29) is 6.35 Å². The minimum Gasteiger partial charge on any atom is -0.389 e. The molecule has 0 saturated heterocycles. The Morgan fingerprint density at radius 2 is 2.00 bits per heavy atom. The summed E-state index contributed by atoms with van der Waals surface area (Å²) in [7, 11) is 0.824. The second kappa shape index (κ2) is 4.45. The van der Waals surface area contributed by atoms with Crippen LogP contribution in [0, 0.1) is 0 Å². The predicted octanol–water partition coefficient (Wildman–Crippen LogP) is 1.30. The van der Waals surface area contributed by atoms with E-state index in [1.165, 1.54) is 0 Å². The molecule has 0 aliphatic heterocycles. The molecule has 2 nitrogen and oxygen atoms in total. The lowest BCUT2D eigenvalue weighted by Crippen LogP contribution is -2.03. The molecule has 0 aliphatic rings. The molecule has 1 aromatic carbocycles. The van der Waals surface area contributed by atoms with Crippen molar-refractivity contribution in [3.05, 3.63) is 30.3 Å². The molecule has 0 heterocycles. The summed E-state index contributed by atoms with van der Waals surface area (Å²) >= 11 is 0. The molecule has 0 radical (unpaired) electrons. The molecule has 0 saturated carbocycles. The molecule has 1 rings (SSSR count). The maximum absolute atomic E-state index is 8.88. The maximum atomic E-state index is 8.88. The third kappa shape index (κ3) is 2.26. The van der Waals surface area contributed by atoms with Gasteiger partial charge in [0.15, 0.2) is 0 Å². The van der Waals surface area contributed by atoms with Crippen molar-refractivity contribution in [3.63, 3.8) is 0 Å². The molecule has 1 N–H and O–H groups in total. The van der Waals surface area contributed by atoms with Gasteiger partial charge in [0, 0.05) is 12.4 Å². The lowest BCUT2D eigenvalue weighted by molar-refractivity contribution is 0.346. The average Bonchev–Trinajstić information content (AvgIpc) is 2.09. The largest absolute Gasteiger partial charge is 0.389 e. The predicted molar refractivity (Wildman–Crippen MR) is 47.1 cm³/mol. The summed E-state index contributed by atoms with van der Waals surface area (Å²) in [5.74, 6) is 0. The normalized spacial score (nSPS) is 12.9. The topological polar surface area (TPSA) is 29.5 Å². The molecule has 1 atom stereocenters. The summed E-state index contributed by atoms with van der Waals surface area (Å²) in [6, 6.07) is 9.76. The van der Waals surface area contributed by atoms with Gasteiger partial charge in [0.05, 0.1) is 14.5 Å². The van der Waals surface area contributed by atoms with Crippen molar-refractivity contribution >= 4 is 13.5 Å². The van der Waals surface area contributed by atoms with Gasteiger partial charge in [-0.2, -0.15) is 0 Å². The third-order valence-corrected chi connectivity index (χ3v) is 2.96. The van der Waals surface area contributed by atoms with Gasteiger partial charge < -0.3 is 9.63 Å². The highest BCUT2D eigenvalue weighted by molar-refractivity contribution is 7.60. The van der Waals surface area contributed by atoms with Crippen molar-refractivity contribution in [1.29, 1.82) is 0 Å². The van der Waals surface area contributed by atoms with Crippen molar-refractivity contribution in [3.8, 4) is 0 Å². The third-order valence-electron chi connectivity index (χ3n) is 1.39. The van der Waals surface area contributed by atoms with E-state index in [1.807, 2.05) is 30.3 Å². The van der Waals surface area contributed by atoms with Crippen LogP contribution in [0.4, 0.5) is 0 Å². The van der Waals surface area contributed by atoms with Crippen LogP contribution in [0.2, 0.25) is 0 Å². The summed E-state index contributed by atoms with van der Waals surface area (Å²) in [6.45, 7) is 0. The Hall–Kier alpha value is -0.430. The standard InChI is InChI=1S/C8H11O2P/c1-10-11(7-9)8-5-3-2-4-6-8/h2-6,9H,7H2,1H3. The Morgan fingerprint density at radius 1 is 1.36 bits per heavy atom. The lowest BCUT2D eigenvalue weighted by Gasteiger charge is -2.10. The molecule has 11 heavy (non-hydrogen) atoms. The Labute approximate surface area is 67.7 Å². The van der Waals surface area contributed by atoms with Crippen LogP contribution < -0.4 is 5.30 Å². The number of hydrogen-bond donors (Lipinski definition) is 1. The number of benzene rings is 1. The molecule has 3 heteroatoms. The van der Waals surface area contributed by atoms with E-state index in [0.29, 0.717) is 0 Å². The second-order valence-corrected chi connectivity index (χ2v) is 3.96. The quantitative estimate of drug-likeness (QED) is 0.693. The van der Waals surface area contributed by atoms with Gasteiger partial charge in [0.1, 0.15) is 0 Å². The number of rotatable bonds is 3. The number of aliphatic hydroxyl groups is 1. The summed E-state index contributed by atoms with van der Waals surface area (Å²) < 4.78 is 5.10. The molecule has 0 fully saturated rings. The molecular weight excluding hydrogens is 159 g/mol. The highest BCUT2D eigenvalue weighted by Gasteiger charge is 2.06. The highest BCUT2D eigenvalue weighted by atomic mass is 31.1. The molecule has 0 aliphatic carbocycles. The minimum atomic E-state index is -0.796. The van der Waals surface area contributed by atoms with Gasteiger partial charge in [-0.15, -0.1) is 0 Å². The highest BCUT2D eigenvalue weighted by Crippen LogP contribution is 2.32. The van der Waals surface area contributed by atoms with E-state index in [2.05, 4.69) is 0 Å². The Morgan fingerprint density at radius 3 is 2.45 bits per heavy atom. The van der Waals surface area contributed by atoms with E-state index in [1.54, 1.807) is 7.11 Å². The van der Waals surface area contributed by atoms with Gasteiger partial charge in [0.25, 0.3) is 0 Å². The van der Waals surface area contributed by atoms with Crippen molar-refractivity contribution in [2.75, 3.05) is 13.5 Å². The fourth-order valence-corrected chi connectivity index (χ4v) is 1.83. The molecule has 0 aromatic heterocycles. The first-order chi connectivity index (χ1) is 5.38. The molecule has 0 spiro atoms. The smallest absolute Gasteiger partial charge is 0.0913 e. The van der Waals surface area contributed by atoms with Crippen LogP contribution in [0.15, 0.2) is 30.3 Å². The summed E-state index contributed by atoms with van der Waals surface area (Å²) in [4.78, 5) is 0. The van der Waals surface area contributed by atoms with Crippen molar-refractivity contribution in [2.24, 2.45) is 0 Å². The number of hydrogen-bond acceptors (Lipinski definition) is 2. The van der Waals surface area contributed by atoms with Gasteiger partial charge in [-0.25, -0.2) is 0 Å². The fourth-order valence-electron chi connectivity index (χ4n) is 0.839. The van der Waals surface area contributed by atoms with Gasteiger partial charge in [-0.05, 0) is 0 Å².